The molecule has 38 heavy (non-hydrogen) atoms. The maximum atomic E-state index is 13.0. The van der Waals surface area contributed by atoms with Crippen LogP contribution in [0.1, 0.15) is 36.8 Å². The van der Waals surface area contributed by atoms with Gasteiger partial charge in [-0.15, -0.1) is 0 Å². The lowest BCUT2D eigenvalue weighted by atomic mass is 10.1. The molecular weight excluding hydrogens is 578 g/mol. The molecule has 0 radical (unpaired) electrons. The summed E-state index contributed by atoms with van der Waals surface area (Å²) in [5, 5.41) is 10.4. The number of thioether (sulfide) groups is 1. The maximum absolute atomic E-state index is 13.0. The van der Waals surface area contributed by atoms with Gasteiger partial charge in [-0.25, -0.2) is 0 Å². The number of nitrogens with zero attached hydrogens (tertiary/aromatic N) is 3. The van der Waals surface area contributed by atoms with Crippen molar-refractivity contribution in [3.63, 3.8) is 0 Å². The molecule has 2 fully saturated rings. The zero-order valence-electron chi connectivity index (χ0n) is 20.7. The molecule has 2 aliphatic heterocycles. The van der Waals surface area contributed by atoms with Gasteiger partial charge in [0.05, 0.1) is 21.4 Å². The molecule has 0 unspecified atom stereocenters. The molecule has 0 aliphatic carbocycles. The molecule has 2 aromatic rings. The highest BCUT2D eigenvalue weighted by molar-refractivity contribution is 9.10. The molecule has 2 aromatic carbocycles. The quantitative estimate of drug-likeness (QED) is 0.224. The SMILES string of the molecule is COc1cc(C=C2SC(=O)N(CC(=O)N3CCCCCC3)C2=O)cc(Br)c1OCc1ccc([N+](=O)[O-])cc1. The summed E-state index contributed by atoms with van der Waals surface area (Å²) in [6, 6.07) is 9.43. The largest absolute Gasteiger partial charge is 0.493 e. The average molecular weight is 604 g/mol. The van der Waals surface area contributed by atoms with Gasteiger partial charge in [0.1, 0.15) is 13.2 Å². The number of imide groups is 1. The molecule has 0 N–H and O–H groups in total. The first kappa shape index (κ1) is 27.6. The fourth-order valence-electron chi connectivity index (χ4n) is 4.18. The number of nitro benzene ring substituents is 1. The van der Waals surface area contributed by atoms with Gasteiger partial charge in [-0.05, 0) is 82.0 Å². The molecule has 4 rings (SSSR count). The Kier molecular flexibility index (Phi) is 9.05. The molecule has 0 atom stereocenters. The van der Waals surface area contributed by atoms with Crippen LogP contribution in [0.15, 0.2) is 45.8 Å². The fraction of sp³-hybridized carbons (Fsp3) is 0.346. The average Bonchev–Trinajstić information content (AvgIpc) is 3.08. The van der Waals surface area contributed by atoms with Gasteiger partial charge in [-0.3, -0.25) is 29.4 Å². The van der Waals surface area contributed by atoms with E-state index in [4.69, 9.17) is 9.47 Å². The van der Waals surface area contributed by atoms with Crippen molar-refractivity contribution >= 4 is 56.5 Å². The van der Waals surface area contributed by atoms with Gasteiger partial charge in [-0.1, -0.05) is 12.8 Å². The smallest absolute Gasteiger partial charge is 0.294 e. The minimum absolute atomic E-state index is 0.00686. The molecule has 2 saturated heterocycles. The zero-order valence-corrected chi connectivity index (χ0v) is 23.1. The number of hydrogen-bond donors (Lipinski definition) is 0. The Balaban J connectivity index is 1.46. The third kappa shape index (κ3) is 6.54. The van der Waals surface area contributed by atoms with E-state index >= 15 is 0 Å². The van der Waals surface area contributed by atoms with Gasteiger partial charge < -0.3 is 14.4 Å². The number of methoxy groups -OCH3 is 1. The van der Waals surface area contributed by atoms with Crippen LogP contribution < -0.4 is 9.47 Å². The molecule has 200 valence electrons. The molecule has 12 heteroatoms. The number of rotatable bonds is 8. The number of benzene rings is 2. The van der Waals surface area contributed by atoms with E-state index in [9.17, 15) is 24.5 Å². The van der Waals surface area contributed by atoms with Crippen molar-refractivity contribution in [2.75, 3.05) is 26.7 Å². The Hall–Kier alpha value is -3.38. The second-order valence-corrected chi connectivity index (χ2v) is 10.7. The predicted molar refractivity (Wildman–Crippen MR) is 146 cm³/mol. The van der Waals surface area contributed by atoms with Crippen LogP contribution in [0.5, 0.6) is 11.5 Å². The van der Waals surface area contributed by atoms with E-state index in [-0.39, 0.29) is 29.7 Å². The maximum Gasteiger partial charge on any atom is 0.294 e. The van der Waals surface area contributed by atoms with Crippen LogP contribution >= 0.6 is 27.7 Å². The first-order valence-corrected chi connectivity index (χ1v) is 13.6. The van der Waals surface area contributed by atoms with Crippen molar-refractivity contribution in [3.05, 3.63) is 67.0 Å². The number of amides is 3. The minimum atomic E-state index is -0.503. The van der Waals surface area contributed by atoms with Crippen LogP contribution in [-0.2, 0) is 16.2 Å². The number of nitro groups is 1. The normalized spacial score (nSPS) is 17.1. The van der Waals surface area contributed by atoms with Gasteiger partial charge in [0.25, 0.3) is 16.8 Å². The second-order valence-electron chi connectivity index (χ2n) is 8.81. The summed E-state index contributed by atoms with van der Waals surface area (Å²) in [6.45, 7) is 1.19. The van der Waals surface area contributed by atoms with E-state index in [1.165, 1.54) is 19.2 Å². The van der Waals surface area contributed by atoms with Crippen molar-refractivity contribution in [2.45, 2.75) is 32.3 Å². The summed E-state index contributed by atoms with van der Waals surface area (Å²) in [5.74, 6) is 0.0911. The lowest BCUT2D eigenvalue weighted by Gasteiger charge is -2.22. The van der Waals surface area contributed by atoms with E-state index in [1.807, 2.05) is 0 Å². The summed E-state index contributed by atoms with van der Waals surface area (Å²) in [7, 11) is 1.48. The topological polar surface area (TPSA) is 119 Å². The van der Waals surface area contributed by atoms with Crippen LogP contribution in [0, 0.1) is 10.1 Å². The molecule has 0 aromatic heterocycles. The Morgan fingerprint density at radius 3 is 2.45 bits per heavy atom. The summed E-state index contributed by atoms with van der Waals surface area (Å²) in [5.41, 5.74) is 1.32. The number of likely N-dealkylation sites (tertiary alicyclic amines) is 1. The van der Waals surface area contributed by atoms with Crippen LogP contribution in [0.4, 0.5) is 10.5 Å². The van der Waals surface area contributed by atoms with Crippen LogP contribution in [0.2, 0.25) is 0 Å². The molecular formula is C26H26BrN3O7S. The molecule has 2 aliphatic rings. The van der Waals surface area contributed by atoms with Crippen molar-refractivity contribution < 1.29 is 28.8 Å². The number of ether oxygens (including phenoxy) is 2. The molecule has 2 heterocycles. The lowest BCUT2D eigenvalue weighted by molar-refractivity contribution is -0.384. The van der Waals surface area contributed by atoms with E-state index in [2.05, 4.69) is 15.9 Å². The third-order valence-corrected chi connectivity index (χ3v) is 7.70. The molecule has 3 amide bonds. The Morgan fingerprint density at radius 2 is 1.82 bits per heavy atom. The van der Waals surface area contributed by atoms with E-state index in [0.717, 1.165) is 47.9 Å². The van der Waals surface area contributed by atoms with Gasteiger partial charge in [0, 0.05) is 25.2 Å². The Labute approximate surface area is 232 Å². The molecule has 10 nitrogen and oxygen atoms in total. The summed E-state index contributed by atoms with van der Waals surface area (Å²) >= 11 is 4.27. The third-order valence-electron chi connectivity index (χ3n) is 6.21. The van der Waals surface area contributed by atoms with Gasteiger partial charge >= 0.3 is 0 Å². The number of non-ortho nitro benzene ring substituents is 1. The first-order chi connectivity index (χ1) is 18.3. The van der Waals surface area contributed by atoms with Gasteiger partial charge in [-0.2, -0.15) is 0 Å². The van der Waals surface area contributed by atoms with Gasteiger partial charge in [0.15, 0.2) is 11.5 Å². The number of carbonyl (C=O) groups excluding carboxylic acids is 3. The van der Waals surface area contributed by atoms with Crippen LogP contribution in [0.3, 0.4) is 0 Å². The number of halogens is 1. The fourth-order valence-corrected chi connectivity index (χ4v) is 5.59. The van der Waals surface area contributed by atoms with E-state index in [0.29, 0.717) is 34.6 Å². The van der Waals surface area contributed by atoms with Crippen molar-refractivity contribution in [3.8, 4) is 11.5 Å². The lowest BCUT2D eigenvalue weighted by Crippen LogP contribution is -2.42. The summed E-state index contributed by atoms with van der Waals surface area (Å²) in [4.78, 5) is 51.6. The molecule has 0 saturated carbocycles. The number of carbonyl (C=O) groups is 3. The van der Waals surface area contributed by atoms with Crippen molar-refractivity contribution in [2.24, 2.45) is 0 Å². The highest BCUT2D eigenvalue weighted by atomic mass is 79.9. The van der Waals surface area contributed by atoms with Crippen molar-refractivity contribution in [1.82, 2.24) is 9.80 Å². The highest BCUT2D eigenvalue weighted by Crippen LogP contribution is 2.39. The Morgan fingerprint density at radius 1 is 1.13 bits per heavy atom. The molecule has 0 spiro atoms. The van der Waals surface area contributed by atoms with Crippen LogP contribution in [0.25, 0.3) is 6.08 Å². The summed E-state index contributed by atoms with van der Waals surface area (Å²) in [6.07, 6.45) is 5.59. The monoisotopic (exact) mass is 603 g/mol. The zero-order chi connectivity index (χ0) is 27.2. The first-order valence-electron chi connectivity index (χ1n) is 12.0. The van der Waals surface area contributed by atoms with Gasteiger partial charge in [0.2, 0.25) is 5.91 Å². The van der Waals surface area contributed by atoms with E-state index in [1.54, 1.807) is 35.2 Å². The Bertz CT molecular complexity index is 1270. The minimum Gasteiger partial charge on any atom is -0.493 e. The number of hydrogen-bond acceptors (Lipinski definition) is 8. The summed E-state index contributed by atoms with van der Waals surface area (Å²) < 4.78 is 11.9. The van der Waals surface area contributed by atoms with Crippen molar-refractivity contribution in [1.29, 1.82) is 0 Å². The second kappa shape index (κ2) is 12.4. The predicted octanol–water partition coefficient (Wildman–Crippen LogP) is 5.38. The molecule has 0 bridgehead atoms. The van der Waals surface area contributed by atoms with Crippen LogP contribution in [-0.4, -0.2) is 58.5 Å². The standard InChI is InChI=1S/C26H26BrN3O7S/c1-36-21-13-18(12-20(27)24(21)37-16-17-6-8-19(9-7-17)30(34)35)14-22-25(32)29(26(33)38-22)15-23(31)28-10-4-2-3-5-11-28/h6-9,12-14H,2-5,10-11,15-16H2,1H3. The highest BCUT2D eigenvalue weighted by Gasteiger charge is 2.37. The van der Waals surface area contributed by atoms with E-state index < -0.39 is 16.1 Å².